The first-order chi connectivity index (χ1) is 6.29. The zero-order valence-electron chi connectivity index (χ0n) is 7.73. The van der Waals surface area contributed by atoms with Crippen molar-refractivity contribution in [3.8, 4) is 0 Å². The molecule has 0 spiro atoms. The van der Waals surface area contributed by atoms with Gasteiger partial charge < -0.3 is 9.84 Å². The average Bonchev–Trinajstić information content (AvgIpc) is 2.52. The minimum absolute atomic E-state index is 0.168. The van der Waals surface area contributed by atoms with Gasteiger partial charge in [0.05, 0.1) is 19.3 Å². The average molecular weight is 178 g/mol. The maximum Gasteiger partial charge on any atom is 0.0864 e. The summed E-state index contributed by atoms with van der Waals surface area (Å²) < 4.78 is 5.23. The van der Waals surface area contributed by atoms with Crippen LogP contribution in [0.25, 0.3) is 0 Å². The third-order valence-electron chi connectivity index (χ3n) is 2.64. The van der Waals surface area contributed by atoms with E-state index >= 15 is 0 Å². The number of aryl methyl sites for hydroxylation is 1. The van der Waals surface area contributed by atoms with Crippen LogP contribution in [-0.4, -0.2) is 24.4 Å². The van der Waals surface area contributed by atoms with Crippen LogP contribution < -0.4 is 0 Å². The Kier molecular flexibility index (Phi) is 2.34. The van der Waals surface area contributed by atoms with Gasteiger partial charge in [-0.05, 0) is 18.1 Å². The Bertz CT molecular complexity index is 296. The predicted molar refractivity (Wildman–Crippen MR) is 50.7 cm³/mol. The molecule has 0 amide bonds. The van der Waals surface area contributed by atoms with Crippen LogP contribution in [0.4, 0.5) is 0 Å². The standard InChI is InChI=1S/C11H14O2/c1-8-4-2-3-5-9(8)10-6-13-7-11(10)12/h2-5,10-12H,6-7H2,1H3/t10-,11+/m0/s1. The molecule has 1 aliphatic rings. The van der Waals surface area contributed by atoms with Crippen LogP contribution in [0.5, 0.6) is 0 Å². The van der Waals surface area contributed by atoms with E-state index < -0.39 is 0 Å². The highest BCUT2D eigenvalue weighted by molar-refractivity contribution is 5.30. The van der Waals surface area contributed by atoms with Crippen molar-refractivity contribution < 1.29 is 9.84 Å². The van der Waals surface area contributed by atoms with Gasteiger partial charge in [-0.15, -0.1) is 0 Å². The number of benzene rings is 1. The van der Waals surface area contributed by atoms with Crippen molar-refractivity contribution in [2.45, 2.75) is 18.9 Å². The van der Waals surface area contributed by atoms with Gasteiger partial charge in [0.15, 0.2) is 0 Å². The number of hydrogen-bond donors (Lipinski definition) is 1. The molecule has 1 saturated heterocycles. The number of aliphatic hydroxyl groups is 1. The summed E-state index contributed by atoms with van der Waals surface area (Å²) in [6, 6.07) is 8.16. The SMILES string of the molecule is Cc1ccccc1[C@@H]1COC[C@H]1O. The Hall–Kier alpha value is -0.860. The van der Waals surface area contributed by atoms with E-state index in [1.807, 2.05) is 12.1 Å². The Labute approximate surface area is 78.2 Å². The van der Waals surface area contributed by atoms with Gasteiger partial charge in [-0.3, -0.25) is 0 Å². The molecule has 0 unspecified atom stereocenters. The first kappa shape index (κ1) is 8.73. The van der Waals surface area contributed by atoms with E-state index in [1.165, 1.54) is 11.1 Å². The Morgan fingerprint density at radius 2 is 2.08 bits per heavy atom. The van der Waals surface area contributed by atoms with Crippen LogP contribution in [0, 0.1) is 6.92 Å². The van der Waals surface area contributed by atoms with Crippen molar-refractivity contribution in [1.29, 1.82) is 0 Å². The molecule has 0 bridgehead atoms. The Balaban J connectivity index is 2.29. The molecule has 0 aromatic heterocycles. The summed E-state index contributed by atoms with van der Waals surface area (Å²) >= 11 is 0. The highest BCUT2D eigenvalue weighted by atomic mass is 16.5. The summed E-state index contributed by atoms with van der Waals surface area (Å²) in [5.41, 5.74) is 2.45. The van der Waals surface area contributed by atoms with Crippen molar-refractivity contribution in [2.75, 3.05) is 13.2 Å². The van der Waals surface area contributed by atoms with E-state index in [4.69, 9.17) is 4.74 Å². The number of hydrogen-bond acceptors (Lipinski definition) is 2. The van der Waals surface area contributed by atoms with E-state index in [-0.39, 0.29) is 12.0 Å². The lowest BCUT2D eigenvalue weighted by molar-refractivity contribution is 0.124. The molecule has 0 aliphatic carbocycles. The smallest absolute Gasteiger partial charge is 0.0864 e. The molecular weight excluding hydrogens is 164 g/mol. The topological polar surface area (TPSA) is 29.5 Å². The molecule has 0 saturated carbocycles. The molecule has 2 rings (SSSR count). The molecule has 1 aromatic carbocycles. The molecule has 1 fully saturated rings. The normalized spacial score (nSPS) is 27.8. The quantitative estimate of drug-likeness (QED) is 0.705. The molecule has 2 heteroatoms. The van der Waals surface area contributed by atoms with Gasteiger partial charge in [-0.1, -0.05) is 24.3 Å². The van der Waals surface area contributed by atoms with Gasteiger partial charge in [-0.2, -0.15) is 0 Å². The highest BCUT2D eigenvalue weighted by Gasteiger charge is 2.28. The molecule has 1 aromatic rings. The largest absolute Gasteiger partial charge is 0.390 e. The van der Waals surface area contributed by atoms with Crippen LogP contribution in [-0.2, 0) is 4.74 Å². The van der Waals surface area contributed by atoms with Crippen LogP contribution in [0.2, 0.25) is 0 Å². The number of aliphatic hydroxyl groups excluding tert-OH is 1. The Morgan fingerprint density at radius 1 is 1.31 bits per heavy atom. The van der Waals surface area contributed by atoms with Gasteiger partial charge in [-0.25, -0.2) is 0 Å². The molecule has 0 radical (unpaired) electrons. The fourth-order valence-corrected chi connectivity index (χ4v) is 1.84. The van der Waals surface area contributed by atoms with Crippen LogP contribution in [0.3, 0.4) is 0 Å². The molecular formula is C11H14O2. The second-order valence-corrected chi connectivity index (χ2v) is 3.57. The number of rotatable bonds is 1. The van der Waals surface area contributed by atoms with Crippen molar-refractivity contribution >= 4 is 0 Å². The zero-order chi connectivity index (χ0) is 9.26. The van der Waals surface area contributed by atoms with Crippen LogP contribution in [0.1, 0.15) is 17.0 Å². The lowest BCUT2D eigenvalue weighted by Gasteiger charge is -2.14. The van der Waals surface area contributed by atoms with Crippen molar-refractivity contribution in [2.24, 2.45) is 0 Å². The molecule has 1 N–H and O–H groups in total. The van der Waals surface area contributed by atoms with Crippen LogP contribution >= 0.6 is 0 Å². The summed E-state index contributed by atoms with van der Waals surface area (Å²) in [5, 5.41) is 9.64. The van der Waals surface area contributed by atoms with Crippen molar-refractivity contribution in [3.63, 3.8) is 0 Å². The zero-order valence-corrected chi connectivity index (χ0v) is 7.73. The number of ether oxygens (including phenoxy) is 1. The molecule has 70 valence electrons. The molecule has 2 nitrogen and oxygen atoms in total. The van der Waals surface area contributed by atoms with E-state index in [2.05, 4.69) is 19.1 Å². The Morgan fingerprint density at radius 3 is 2.69 bits per heavy atom. The van der Waals surface area contributed by atoms with E-state index in [0.29, 0.717) is 13.2 Å². The summed E-state index contributed by atoms with van der Waals surface area (Å²) in [6.07, 6.45) is -0.332. The summed E-state index contributed by atoms with van der Waals surface area (Å²) in [4.78, 5) is 0. The molecule has 1 heterocycles. The second-order valence-electron chi connectivity index (χ2n) is 3.57. The van der Waals surface area contributed by atoms with E-state index in [1.54, 1.807) is 0 Å². The summed E-state index contributed by atoms with van der Waals surface area (Å²) in [5.74, 6) is 0.168. The fraction of sp³-hybridized carbons (Fsp3) is 0.455. The van der Waals surface area contributed by atoms with Crippen molar-refractivity contribution in [3.05, 3.63) is 35.4 Å². The minimum atomic E-state index is -0.332. The van der Waals surface area contributed by atoms with Crippen LogP contribution in [0.15, 0.2) is 24.3 Å². The second kappa shape index (κ2) is 3.48. The first-order valence-electron chi connectivity index (χ1n) is 4.60. The maximum atomic E-state index is 9.64. The first-order valence-corrected chi connectivity index (χ1v) is 4.60. The molecule has 1 aliphatic heterocycles. The monoisotopic (exact) mass is 178 g/mol. The predicted octanol–water partition coefficient (Wildman–Crippen LogP) is 1.47. The lowest BCUT2D eigenvalue weighted by Crippen LogP contribution is -2.16. The van der Waals surface area contributed by atoms with Gasteiger partial charge >= 0.3 is 0 Å². The van der Waals surface area contributed by atoms with Crippen molar-refractivity contribution in [1.82, 2.24) is 0 Å². The van der Waals surface area contributed by atoms with Gasteiger partial charge in [0.1, 0.15) is 0 Å². The summed E-state index contributed by atoms with van der Waals surface area (Å²) in [7, 11) is 0. The fourth-order valence-electron chi connectivity index (χ4n) is 1.84. The third-order valence-corrected chi connectivity index (χ3v) is 2.64. The third kappa shape index (κ3) is 1.60. The van der Waals surface area contributed by atoms with Gasteiger partial charge in [0.25, 0.3) is 0 Å². The van der Waals surface area contributed by atoms with Gasteiger partial charge in [0.2, 0.25) is 0 Å². The summed E-state index contributed by atoms with van der Waals surface area (Å²) in [6.45, 7) is 3.19. The van der Waals surface area contributed by atoms with Gasteiger partial charge in [0, 0.05) is 5.92 Å². The van der Waals surface area contributed by atoms with E-state index in [9.17, 15) is 5.11 Å². The molecule has 13 heavy (non-hydrogen) atoms. The maximum absolute atomic E-state index is 9.64. The van der Waals surface area contributed by atoms with E-state index in [0.717, 1.165) is 0 Å². The highest BCUT2D eigenvalue weighted by Crippen LogP contribution is 2.27. The lowest BCUT2D eigenvalue weighted by atomic mass is 9.93. The molecule has 2 atom stereocenters. The minimum Gasteiger partial charge on any atom is -0.390 e.